The molecule has 0 unspecified atom stereocenters. The number of rotatable bonds is 4. The van der Waals surface area contributed by atoms with Crippen molar-refractivity contribution in [3.05, 3.63) is 51.2 Å². The lowest BCUT2D eigenvalue weighted by Gasteiger charge is -2.16. The Morgan fingerprint density at radius 1 is 1.45 bits per heavy atom. The summed E-state index contributed by atoms with van der Waals surface area (Å²) in [5, 5.41) is 10.9. The molecule has 2 aromatic heterocycles. The second-order valence-electron chi connectivity index (χ2n) is 3.87. The Bertz CT molecular complexity index is 640. The summed E-state index contributed by atoms with van der Waals surface area (Å²) in [5.41, 5.74) is 0.326. The average molecular weight is 312 g/mol. The number of thiol groups is 1. The smallest absolute Gasteiger partial charge is 0.291 e. The van der Waals surface area contributed by atoms with E-state index in [1.807, 2.05) is 6.07 Å². The van der Waals surface area contributed by atoms with Crippen LogP contribution in [0.2, 0.25) is 5.15 Å². The Morgan fingerprint density at radius 3 is 2.80 bits per heavy atom. The summed E-state index contributed by atoms with van der Waals surface area (Å²) in [7, 11) is 0. The molecule has 104 valence electrons. The lowest BCUT2D eigenvalue weighted by Crippen LogP contribution is -2.15. The Kier molecular flexibility index (Phi) is 4.35. The molecule has 0 saturated heterocycles. The number of anilines is 1. The monoisotopic (exact) mass is 311 g/mol. The van der Waals surface area contributed by atoms with Gasteiger partial charge in [0, 0.05) is 6.20 Å². The highest BCUT2D eigenvalue weighted by Crippen LogP contribution is 2.33. The number of nitro groups is 1. The van der Waals surface area contributed by atoms with Crippen LogP contribution < -0.4 is 4.31 Å². The third-order valence-electron chi connectivity index (χ3n) is 2.40. The highest BCUT2D eigenvalue weighted by Gasteiger charge is 2.26. The van der Waals surface area contributed by atoms with Crippen molar-refractivity contribution in [1.29, 1.82) is 0 Å². The fourth-order valence-corrected chi connectivity index (χ4v) is 2.14. The lowest BCUT2D eigenvalue weighted by atomic mass is 10.3. The molecule has 0 bridgehead atoms. The van der Waals surface area contributed by atoms with Gasteiger partial charge in [-0.05, 0) is 19.1 Å². The molecule has 2 rings (SSSR count). The van der Waals surface area contributed by atoms with E-state index in [9.17, 15) is 10.1 Å². The fourth-order valence-electron chi connectivity index (χ4n) is 1.58. The first-order chi connectivity index (χ1) is 9.49. The zero-order valence-electron chi connectivity index (χ0n) is 10.4. The number of nitrogens with zero attached hydrogens (tertiary/aromatic N) is 5. The largest absolute Gasteiger partial charge is 0.349 e. The first-order valence-corrected chi connectivity index (χ1v) is 6.31. The molecule has 0 aliphatic heterocycles. The number of aryl methyl sites for hydroxylation is 1. The second kappa shape index (κ2) is 6.02. The minimum Gasteiger partial charge on any atom is -0.291 e. The van der Waals surface area contributed by atoms with Crippen molar-refractivity contribution in [2.24, 2.45) is 0 Å². The van der Waals surface area contributed by atoms with Gasteiger partial charge in [0.15, 0.2) is 0 Å². The molecule has 0 N–H and O–H groups in total. The Labute approximate surface area is 125 Å². The summed E-state index contributed by atoms with van der Waals surface area (Å²) in [5.74, 6) is 0.372. The molecule has 2 aromatic rings. The molecule has 2 heterocycles. The molecular weight excluding hydrogens is 302 g/mol. The van der Waals surface area contributed by atoms with E-state index in [2.05, 4.69) is 27.8 Å². The van der Waals surface area contributed by atoms with Crippen molar-refractivity contribution in [3.63, 3.8) is 0 Å². The van der Waals surface area contributed by atoms with Crippen LogP contribution in [0.4, 0.5) is 11.5 Å². The number of pyridine rings is 1. The lowest BCUT2D eigenvalue weighted by molar-refractivity contribution is -0.384. The van der Waals surface area contributed by atoms with Crippen LogP contribution in [0.1, 0.15) is 11.5 Å². The van der Waals surface area contributed by atoms with Gasteiger partial charge in [-0.3, -0.25) is 19.4 Å². The molecule has 0 aliphatic rings. The second-order valence-corrected chi connectivity index (χ2v) is 4.71. The first kappa shape index (κ1) is 14.5. The minimum absolute atomic E-state index is 0.0430. The maximum absolute atomic E-state index is 11.1. The zero-order chi connectivity index (χ0) is 14.7. The summed E-state index contributed by atoms with van der Waals surface area (Å²) in [4.78, 5) is 22.4. The molecule has 0 atom stereocenters. The first-order valence-electron chi connectivity index (χ1n) is 5.54. The Hall–Kier alpha value is -1.93. The molecule has 7 nitrogen and oxygen atoms in total. The Morgan fingerprint density at radius 2 is 2.20 bits per heavy atom. The van der Waals surface area contributed by atoms with Crippen LogP contribution in [-0.4, -0.2) is 19.9 Å². The van der Waals surface area contributed by atoms with Gasteiger partial charge in [-0.1, -0.05) is 30.5 Å². The molecule has 0 radical (unpaired) electrons. The molecule has 9 heteroatoms. The van der Waals surface area contributed by atoms with Gasteiger partial charge in [0.2, 0.25) is 11.0 Å². The molecule has 0 aromatic carbocycles. The number of hydrogen-bond acceptors (Lipinski definition) is 7. The van der Waals surface area contributed by atoms with Crippen LogP contribution in [-0.2, 0) is 6.54 Å². The van der Waals surface area contributed by atoms with Gasteiger partial charge in [-0.25, -0.2) is 9.97 Å². The van der Waals surface area contributed by atoms with Crippen molar-refractivity contribution in [1.82, 2.24) is 15.0 Å². The van der Waals surface area contributed by atoms with Crippen LogP contribution in [0, 0.1) is 17.0 Å². The molecule has 0 fully saturated rings. The maximum atomic E-state index is 11.1. The van der Waals surface area contributed by atoms with Crippen molar-refractivity contribution in [2.75, 3.05) is 4.31 Å². The number of aromatic nitrogens is 3. The van der Waals surface area contributed by atoms with Crippen molar-refractivity contribution >= 4 is 35.9 Å². The summed E-state index contributed by atoms with van der Waals surface area (Å²) in [6.45, 7) is 1.85. The molecule has 0 aliphatic carbocycles. The Balaban J connectivity index is 2.38. The molecule has 0 saturated carbocycles. The van der Waals surface area contributed by atoms with Crippen LogP contribution in [0.5, 0.6) is 0 Å². The standard InChI is InChI=1S/C11H10ClN5O2S/c1-7-14-10(12)9(17(18)19)11(15-7)16(20)6-8-4-2-3-5-13-8/h2-5,20H,6H2,1H3. The van der Waals surface area contributed by atoms with Gasteiger partial charge < -0.3 is 0 Å². The van der Waals surface area contributed by atoms with E-state index in [-0.39, 0.29) is 23.2 Å². The van der Waals surface area contributed by atoms with E-state index in [1.165, 1.54) is 4.31 Å². The van der Waals surface area contributed by atoms with Gasteiger partial charge in [-0.2, -0.15) is 0 Å². The minimum atomic E-state index is -0.626. The maximum Gasteiger partial charge on any atom is 0.349 e. The molecule has 20 heavy (non-hydrogen) atoms. The summed E-state index contributed by atoms with van der Waals surface area (Å²) in [6.07, 6.45) is 1.63. The van der Waals surface area contributed by atoms with E-state index < -0.39 is 4.92 Å². The highest BCUT2D eigenvalue weighted by molar-refractivity contribution is 7.81. The quantitative estimate of drug-likeness (QED) is 0.404. The van der Waals surface area contributed by atoms with Crippen LogP contribution in [0.15, 0.2) is 24.4 Å². The van der Waals surface area contributed by atoms with Gasteiger partial charge in [0.05, 0.1) is 17.2 Å². The number of hydrogen-bond donors (Lipinski definition) is 1. The van der Waals surface area contributed by atoms with E-state index >= 15 is 0 Å². The van der Waals surface area contributed by atoms with E-state index in [0.29, 0.717) is 11.5 Å². The zero-order valence-corrected chi connectivity index (χ0v) is 12.0. The summed E-state index contributed by atoms with van der Waals surface area (Å²) in [6, 6.07) is 5.38. The van der Waals surface area contributed by atoms with E-state index in [1.54, 1.807) is 25.3 Å². The fraction of sp³-hybridized carbons (Fsp3) is 0.182. The predicted molar refractivity (Wildman–Crippen MR) is 77.8 cm³/mol. The summed E-state index contributed by atoms with van der Waals surface area (Å²) < 4.78 is 1.32. The van der Waals surface area contributed by atoms with Crippen molar-refractivity contribution in [2.45, 2.75) is 13.5 Å². The van der Waals surface area contributed by atoms with E-state index in [4.69, 9.17) is 11.6 Å². The van der Waals surface area contributed by atoms with Gasteiger partial charge in [-0.15, -0.1) is 0 Å². The average Bonchev–Trinajstić information content (AvgIpc) is 2.38. The van der Waals surface area contributed by atoms with Gasteiger partial charge >= 0.3 is 5.69 Å². The number of halogens is 1. The van der Waals surface area contributed by atoms with Crippen LogP contribution >= 0.6 is 24.4 Å². The molecule has 0 amide bonds. The third kappa shape index (κ3) is 3.14. The molecule has 0 spiro atoms. The predicted octanol–water partition coefficient (Wildman–Crippen LogP) is 2.59. The van der Waals surface area contributed by atoms with Crippen molar-refractivity contribution in [3.8, 4) is 0 Å². The van der Waals surface area contributed by atoms with Gasteiger partial charge in [0.1, 0.15) is 5.82 Å². The SMILES string of the molecule is Cc1nc(Cl)c([N+](=O)[O-])c(N(S)Cc2ccccn2)n1. The van der Waals surface area contributed by atoms with E-state index in [0.717, 1.165) is 0 Å². The van der Waals surface area contributed by atoms with Crippen molar-refractivity contribution < 1.29 is 4.92 Å². The van der Waals surface area contributed by atoms with Crippen LogP contribution in [0.3, 0.4) is 0 Å². The molecular formula is C11H10ClN5O2S. The van der Waals surface area contributed by atoms with Gasteiger partial charge in [0.25, 0.3) is 0 Å². The van der Waals surface area contributed by atoms with Crippen LogP contribution in [0.25, 0.3) is 0 Å². The summed E-state index contributed by atoms with van der Waals surface area (Å²) >= 11 is 10.0. The topological polar surface area (TPSA) is 85.0 Å². The third-order valence-corrected chi connectivity index (χ3v) is 2.99. The highest BCUT2D eigenvalue weighted by atomic mass is 35.5. The normalized spacial score (nSPS) is 10.3.